The van der Waals surface area contributed by atoms with Crippen LogP contribution in [0.1, 0.15) is 15.9 Å². The van der Waals surface area contributed by atoms with Crippen LogP contribution in [-0.4, -0.2) is 12.1 Å². The maximum Gasteiger partial charge on any atom is 0.275 e. The Labute approximate surface area is 156 Å². The van der Waals surface area contributed by atoms with Crippen molar-refractivity contribution in [3.63, 3.8) is 0 Å². The molecule has 0 unspecified atom stereocenters. The molecule has 0 atom stereocenters. The SMILES string of the molecule is O=C(N/N=C/c1c(Cl)cccc1Cl)c1coc2c(Cl)cc(Cl)cc12. The number of hydrogen-bond donors (Lipinski definition) is 1. The molecule has 2 aromatic carbocycles. The summed E-state index contributed by atoms with van der Waals surface area (Å²) < 4.78 is 5.31. The molecule has 0 spiro atoms. The van der Waals surface area contributed by atoms with E-state index in [0.29, 0.717) is 36.6 Å². The van der Waals surface area contributed by atoms with Crippen LogP contribution < -0.4 is 5.43 Å². The Hall–Kier alpha value is -1.72. The molecule has 1 amide bonds. The fourth-order valence-corrected chi connectivity index (χ4v) is 3.12. The van der Waals surface area contributed by atoms with Gasteiger partial charge in [-0.05, 0) is 24.3 Å². The van der Waals surface area contributed by atoms with E-state index in [-0.39, 0.29) is 5.56 Å². The average molecular weight is 402 g/mol. The first-order chi connectivity index (χ1) is 11.5. The van der Waals surface area contributed by atoms with E-state index < -0.39 is 5.91 Å². The number of benzene rings is 2. The summed E-state index contributed by atoms with van der Waals surface area (Å²) in [6.07, 6.45) is 2.66. The zero-order chi connectivity index (χ0) is 17.3. The van der Waals surface area contributed by atoms with Gasteiger partial charge in [-0.15, -0.1) is 0 Å². The van der Waals surface area contributed by atoms with E-state index in [1.165, 1.54) is 18.5 Å². The normalized spacial score (nSPS) is 11.3. The van der Waals surface area contributed by atoms with Gasteiger partial charge in [-0.25, -0.2) is 5.43 Å². The van der Waals surface area contributed by atoms with Gasteiger partial charge >= 0.3 is 0 Å². The summed E-state index contributed by atoms with van der Waals surface area (Å²) in [5.74, 6) is -0.480. The standard InChI is InChI=1S/C16H8Cl4N2O2/c17-8-4-9-11(7-24-15(9)14(20)5-8)16(23)22-21-6-10-12(18)2-1-3-13(10)19/h1-7H,(H,22,23)/b21-6+. The molecule has 0 aliphatic heterocycles. The third-order valence-corrected chi connectivity index (χ3v) is 4.36. The summed E-state index contributed by atoms with van der Waals surface area (Å²) in [5, 5.41) is 5.93. The van der Waals surface area contributed by atoms with Crippen molar-refractivity contribution >= 4 is 69.5 Å². The van der Waals surface area contributed by atoms with Crippen LogP contribution in [0.2, 0.25) is 20.1 Å². The Balaban J connectivity index is 1.85. The minimum atomic E-state index is -0.480. The lowest BCUT2D eigenvalue weighted by Gasteiger charge is -2.01. The van der Waals surface area contributed by atoms with E-state index in [9.17, 15) is 4.79 Å². The largest absolute Gasteiger partial charge is 0.462 e. The van der Waals surface area contributed by atoms with Gasteiger partial charge in [-0.3, -0.25) is 4.79 Å². The number of furan rings is 1. The third kappa shape index (κ3) is 3.37. The summed E-state index contributed by atoms with van der Waals surface area (Å²) in [6.45, 7) is 0. The van der Waals surface area contributed by atoms with Gasteiger partial charge in [0.05, 0.1) is 26.8 Å². The molecule has 0 saturated heterocycles. The molecule has 122 valence electrons. The highest BCUT2D eigenvalue weighted by atomic mass is 35.5. The Morgan fingerprint density at radius 1 is 1.08 bits per heavy atom. The quantitative estimate of drug-likeness (QED) is 0.444. The minimum absolute atomic E-state index is 0.261. The first kappa shape index (κ1) is 17.1. The molecule has 0 radical (unpaired) electrons. The predicted molar refractivity (Wildman–Crippen MR) is 97.8 cm³/mol. The van der Waals surface area contributed by atoms with Gasteiger partial charge in [-0.2, -0.15) is 5.10 Å². The molecule has 1 N–H and O–H groups in total. The number of carbonyl (C=O) groups is 1. The number of halogens is 4. The van der Waals surface area contributed by atoms with Crippen molar-refractivity contribution in [2.24, 2.45) is 5.10 Å². The summed E-state index contributed by atoms with van der Waals surface area (Å²) in [4.78, 5) is 12.3. The van der Waals surface area contributed by atoms with Crippen LogP contribution in [0.3, 0.4) is 0 Å². The fourth-order valence-electron chi connectivity index (χ4n) is 2.09. The number of nitrogens with one attached hydrogen (secondary N) is 1. The van der Waals surface area contributed by atoms with Crippen molar-refractivity contribution in [1.82, 2.24) is 5.43 Å². The predicted octanol–water partition coefficient (Wildman–Crippen LogP) is 5.81. The lowest BCUT2D eigenvalue weighted by molar-refractivity contribution is 0.0956. The summed E-state index contributed by atoms with van der Waals surface area (Å²) in [5.41, 5.74) is 3.53. The lowest BCUT2D eigenvalue weighted by Crippen LogP contribution is -2.17. The molecule has 0 aliphatic rings. The number of hydrazone groups is 1. The van der Waals surface area contributed by atoms with Crippen LogP contribution >= 0.6 is 46.4 Å². The molecule has 3 rings (SSSR count). The molecule has 1 aromatic heterocycles. The summed E-state index contributed by atoms with van der Waals surface area (Å²) >= 11 is 24.0. The van der Waals surface area contributed by atoms with E-state index in [2.05, 4.69) is 10.5 Å². The fraction of sp³-hybridized carbons (Fsp3) is 0. The van der Waals surface area contributed by atoms with Gasteiger partial charge in [0, 0.05) is 16.0 Å². The molecule has 0 aliphatic carbocycles. The number of amides is 1. The van der Waals surface area contributed by atoms with Crippen LogP contribution in [0.15, 0.2) is 46.1 Å². The van der Waals surface area contributed by atoms with E-state index >= 15 is 0 Å². The molecular formula is C16H8Cl4N2O2. The van der Waals surface area contributed by atoms with Crippen LogP contribution in [0, 0.1) is 0 Å². The third-order valence-electron chi connectivity index (χ3n) is 3.20. The maximum absolute atomic E-state index is 12.3. The summed E-state index contributed by atoms with van der Waals surface area (Å²) in [6, 6.07) is 8.18. The Kier molecular flexibility index (Phi) is 5.01. The van der Waals surface area contributed by atoms with E-state index in [4.69, 9.17) is 50.8 Å². The maximum atomic E-state index is 12.3. The molecule has 4 nitrogen and oxygen atoms in total. The highest BCUT2D eigenvalue weighted by Gasteiger charge is 2.16. The molecule has 0 fully saturated rings. The second-order valence-electron chi connectivity index (χ2n) is 4.75. The van der Waals surface area contributed by atoms with Crippen molar-refractivity contribution in [2.45, 2.75) is 0 Å². The monoisotopic (exact) mass is 400 g/mol. The number of rotatable bonds is 3. The lowest BCUT2D eigenvalue weighted by atomic mass is 10.1. The smallest absolute Gasteiger partial charge is 0.275 e. The second kappa shape index (κ2) is 7.03. The first-order valence-corrected chi connectivity index (χ1v) is 8.12. The van der Waals surface area contributed by atoms with Gasteiger partial charge in [0.25, 0.3) is 5.91 Å². The van der Waals surface area contributed by atoms with Gasteiger partial charge in [0.1, 0.15) is 6.26 Å². The van der Waals surface area contributed by atoms with Crippen molar-refractivity contribution in [1.29, 1.82) is 0 Å². The average Bonchev–Trinajstić information content (AvgIpc) is 2.94. The van der Waals surface area contributed by atoms with Crippen LogP contribution in [-0.2, 0) is 0 Å². The number of hydrogen-bond acceptors (Lipinski definition) is 3. The van der Waals surface area contributed by atoms with Crippen molar-refractivity contribution in [3.05, 3.63) is 67.8 Å². The van der Waals surface area contributed by atoms with Crippen molar-refractivity contribution in [3.8, 4) is 0 Å². The van der Waals surface area contributed by atoms with Gasteiger partial charge in [0.2, 0.25) is 0 Å². The molecule has 8 heteroatoms. The van der Waals surface area contributed by atoms with Crippen LogP contribution in [0.5, 0.6) is 0 Å². The zero-order valence-electron chi connectivity index (χ0n) is 11.8. The number of fused-ring (bicyclic) bond motifs is 1. The van der Waals surface area contributed by atoms with E-state index in [0.717, 1.165) is 0 Å². The molecule has 0 saturated carbocycles. The van der Waals surface area contributed by atoms with Crippen LogP contribution in [0.25, 0.3) is 11.0 Å². The highest BCUT2D eigenvalue weighted by molar-refractivity contribution is 6.39. The second-order valence-corrected chi connectivity index (χ2v) is 6.41. The number of nitrogens with zero attached hydrogens (tertiary/aromatic N) is 1. The van der Waals surface area contributed by atoms with Gasteiger partial charge in [0.15, 0.2) is 5.58 Å². The van der Waals surface area contributed by atoms with E-state index in [1.54, 1.807) is 24.3 Å². The van der Waals surface area contributed by atoms with E-state index in [1.807, 2.05) is 0 Å². The first-order valence-electron chi connectivity index (χ1n) is 6.61. The Morgan fingerprint density at radius 3 is 2.50 bits per heavy atom. The topological polar surface area (TPSA) is 54.6 Å². The molecule has 1 heterocycles. The molecule has 3 aromatic rings. The minimum Gasteiger partial charge on any atom is -0.462 e. The van der Waals surface area contributed by atoms with Crippen molar-refractivity contribution < 1.29 is 9.21 Å². The Morgan fingerprint density at radius 2 is 1.79 bits per heavy atom. The molecular weight excluding hydrogens is 394 g/mol. The number of carbonyl (C=O) groups excluding carboxylic acids is 1. The van der Waals surface area contributed by atoms with Gasteiger partial charge in [-0.1, -0.05) is 52.5 Å². The Bertz CT molecular complexity index is 946. The highest BCUT2D eigenvalue weighted by Crippen LogP contribution is 2.31. The van der Waals surface area contributed by atoms with Crippen molar-refractivity contribution in [2.75, 3.05) is 0 Å². The molecule has 0 bridgehead atoms. The van der Waals surface area contributed by atoms with Gasteiger partial charge < -0.3 is 4.42 Å². The zero-order valence-corrected chi connectivity index (χ0v) is 14.8. The summed E-state index contributed by atoms with van der Waals surface area (Å²) in [7, 11) is 0. The molecule has 24 heavy (non-hydrogen) atoms. The van der Waals surface area contributed by atoms with Crippen LogP contribution in [0.4, 0.5) is 0 Å².